The SMILES string of the molecule is O=C(O)c1csc(CN2CCCC2c2cccc3c2OCCO3)n1. The fraction of sp³-hybridized carbons (Fsp3) is 0.412. The fourth-order valence-electron chi connectivity index (χ4n) is 3.38. The van der Waals surface area contributed by atoms with Crippen LogP contribution in [0.4, 0.5) is 0 Å². The van der Waals surface area contributed by atoms with Crippen LogP contribution >= 0.6 is 11.3 Å². The maximum absolute atomic E-state index is 11.0. The quantitative estimate of drug-likeness (QED) is 0.918. The number of rotatable bonds is 4. The Balaban J connectivity index is 1.58. The van der Waals surface area contributed by atoms with Gasteiger partial charge in [-0.1, -0.05) is 12.1 Å². The van der Waals surface area contributed by atoms with Gasteiger partial charge in [0.05, 0.1) is 6.54 Å². The molecule has 4 rings (SSSR count). The first kappa shape index (κ1) is 15.4. The van der Waals surface area contributed by atoms with Crippen molar-refractivity contribution in [2.75, 3.05) is 19.8 Å². The highest BCUT2D eigenvalue weighted by molar-refractivity contribution is 7.09. The van der Waals surface area contributed by atoms with Crippen LogP contribution < -0.4 is 9.47 Å². The van der Waals surface area contributed by atoms with E-state index in [1.165, 1.54) is 11.3 Å². The predicted molar refractivity (Wildman–Crippen MR) is 88.9 cm³/mol. The van der Waals surface area contributed by atoms with Crippen LogP contribution in [0.15, 0.2) is 23.6 Å². The lowest BCUT2D eigenvalue weighted by Crippen LogP contribution is -2.24. The van der Waals surface area contributed by atoms with E-state index in [-0.39, 0.29) is 11.7 Å². The Kier molecular flexibility index (Phi) is 4.12. The number of aromatic nitrogens is 1. The Morgan fingerprint density at radius 2 is 2.25 bits per heavy atom. The molecule has 1 saturated heterocycles. The molecule has 2 aliphatic heterocycles. The summed E-state index contributed by atoms with van der Waals surface area (Å²) in [4.78, 5) is 17.6. The third-order valence-electron chi connectivity index (χ3n) is 4.43. The molecule has 1 atom stereocenters. The summed E-state index contributed by atoms with van der Waals surface area (Å²) in [6.07, 6.45) is 2.16. The van der Waals surface area contributed by atoms with E-state index >= 15 is 0 Å². The van der Waals surface area contributed by atoms with Crippen molar-refractivity contribution >= 4 is 17.3 Å². The molecule has 3 heterocycles. The lowest BCUT2D eigenvalue weighted by atomic mass is 10.0. The number of fused-ring (bicyclic) bond motifs is 1. The number of thiazole rings is 1. The maximum Gasteiger partial charge on any atom is 0.355 e. The second kappa shape index (κ2) is 6.41. The monoisotopic (exact) mass is 346 g/mol. The molecule has 1 N–H and O–H groups in total. The first-order valence-corrected chi connectivity index (χ1v) is 8.90. The highest BCUT2D eigenvalue weighted by Crippen LogP contribution is 2.43. The number of hydrogen-bond acceptors (Lipinski definition) is 6. The molecule has 1 fully saturated rings. The molecule has 6 nitrogen and oxygen atoms in total. The smallest absolute Gasteiger partial charge is 0.355 e. The van der Waals surface area contributed by atoms with E-state index in [0.29, 0.717) is 19.8 Å². The van der Waals surface area contributed by atoms with Gasteiger partial charge in [0.2, 0.25) is 0 Å². The fourth-order valence-corrected chi connectivity index (χ4v) is 4.17. The number of ether oxygens (including phenoxy) is 2. The van der Waals surface area contributed by atoms with E-state index < -0.39 is 5.97 Å². The predicted octanol–water partition coefficient (Wildman–Crippen LogP) is 2.95. The number of likely N-dealkylation sites (tertiary alicyclic amines) is 1. The molecule has 0 amide bonds. The van der Waals surface area contributed by atoms with Gasteiger partial charge in [-0.15, -0.1) is 11.3 Å². The molecule has 126 valence electrons. The van der Waals surface area contributed by atoms with Crippen molar-refractivity contribution in [3.05, 3.63) is 39.8 Å². The molecular weight excluding hydrogens is 328 g/mol. The average molecular weight is 346 g/mol. The number of hydrogen-bond donors (Lipinski definition) is 1. The Morgan fingerprint density at radius 1 is 1.38 bits per heavy atom. The Hall–Kier alpha value is -2.12. The number of carboxylic acid groups (broad SMARTS) is 1. The van der Waals surface area contributed by atoms with E-state index in [1.807, 2.05) is 12.1 Å². The molecule has 1 aromatic heterocycles. The van der Waals surface area contributed by atoms with Crippen LogP contribution in [-0.4, -0.2) is 40.7 Å². The van der Waals surface area contributed by atoms with Crippen LogP contribution in [0.25, 0.3) is 0 Å². The summed E-state index contributed by atoms with van der Waals surface area (Å²) < 4.78 is 11.5. The summed E-state index contributed by atoms with van der Waals surface area (Å²) in [6, 6.07) is 6.29. The van der Waals surface area contributed by atoms with Crippen molar-refractivity contribution in [3.63, 3.8) is 0 Å². The first-order chi connectivity index (χ1) is 11.7. The standard InChI is InChI=1S/C17H18N2O4S/c20-17(21)12-10-24-15(18-12)9-19-6-2-4-13(19)11-3-1-5-14-16(11)23-8-7-22-14/h1,3,5,10,13H,2,4,6-9H2,(H,20,21). The number of carbonyl (C=O) groups is 1. The van der Waals surface area contributed by atoms with Gasteiger partial charge in [0.1, 0.15) is 18.2 Å². The highest BCUT2D eigenvalue weighted by Gasteiger charge is 2.31. The topological polar surface area (TPSA) is 71.9 Å². The van der Waals surface area contributed by atoms with Gasteiger partial charge in [-0.3, -0.25) is 4.90 Å². The summed E-state index contributed by atoms with van der Waals surface area (Å²) >= 11 is 1.40. The maximum atomic E-state index is 11.0. The van der Waals surface area contributed by atoms with Crippen LogP contribution in [0.1, 0.15) is 39.9 Å². The summed E-state index contributed by atoms with van der Waals surface area (Å²) in [5, 5.41) is 11.5. The molecule has 0 aliphatic carbocycles. The molecule has 1 unspecified atom stereocenters. The van der Waals surface area contributed by atoms with Gasteiger partial charge in [0.15, 0.2) is 17.2 Å². The van der Waals surface area contributed by atoms with Crippen molar-refractivity contribution in [2.45, 2.75) is 25.4 Å². The largest absolute Gasteiger partial charge is 0.486 e. The summed E-state index contributed by atoms with van der Waals surface area (Å²) in [6.45, 7) is 2.79. The third-order valence-corrected chi connectivity index (χ3v) is 5.26. The number of nitrogens with zero attached hydrogens (tertiary/aromatic N) is 2. The third kappa shape index (κ3) is 2.85. The number of benzene rings is 1. The minimum atomic E-state index is -0.974. The Morgan fingerprint density at radius 3 is 3.08 bits per heavy atom. The van der Waals surface area contributed by atoms with Crippen LogP contribution in [0.3, 0.4) is 0 Å². The van der Waals surface area contributed by atoms with Crippen molar-refractivity contribution in [3.8, 4) is 11.5 Å². The van der Waals surface area contributed by atoms with Gasteiger partial charge >= 0.3 is 5.97 Å². The minimum absolute atomic E-state index is 0.125. The van der Waals surface area contributed by atoms with E-state index in [1.54, 1.807) is 5.38 Å². The summed E-state index contributed by atoms with van der Waals surface area (Å²) in [5.41, 5.74) is 1.28. The number of carboxylic acids is 1. The van der Waals surface area contributed by atoms with Gasteiger partial charge in [0, 0.05) is 17.0 Å². The molecule has 24 heavy (non-hydrogen) atoms. The lowest BCUT2D eigenvalue weighted by Gasteiger charge is -2.28. The number of para-hydroxylation sites is 1. The Labute approximate surface area is 143 Å². The summed E-state index contributed by atoms with van der Waals surface area (Å²) in [5.74, 6) is 0.692. The van der Waals surface area contributed by atoms with Crippen LogP contribution in [0.2, 0.25) is 0 Å². The molecule has 0 bridgehead atoms. The molecule has 0 spiro atoms. The highest BCUT2D eigenvalue weighted by atomic mass is 32.1. The van der Waals surface area contributed by atoms with Crippen LogP contribution in [0.5, 0.6) is 11.5 Å². The molecule has 7 heteroatoms. The molecule has 1 aromatic carbocycles. The van der Waals surface area contributed by atoms with E-state index in [9.17, 15) is 4.79 Å². The van der Waals surface area contributed by atoms with Crippen molar-refractivity contribution in [1.29, 1.82) is 0 Å². The van der Waals surface area contributed by atoms with Crippen molar-refractivity contribution in [2.24, 2.45) is 0 Å². The second-order valence-electron chi connectivity index (χ2n) is 5.93. The van der Waals surface area contributed by atoms with E-state index in [2.05, 4.69) is 16.0 Å². The zero-order valence-electron chi connectivity index (χ0n) is 13.1. The molecule has 0 saturated carbocycles. The summed E-state index contributed by atoms with van der Waals surface area (Å²) in [7, 11) is 0. The molecule has 2 aliphatic rings. The normalized spacial score (nSPS) is 20.2. The first-order valence-electron chi connectivity index (χ1n) is 8.02. The van der Waals surface area contributed by atoms with E-state index in [4.69, 9.17) is 14.6 Å². The Bertz CT molecular complexity index is 761. The second-order valence-corrected chi connectivity index (χ2v) is 6.87. The minimum Gasteiger partial charge on any atom is -0.486 e. The zero-order chi connectivity index (χ0) is 16.5. The van der Waals surface area contributed by atoms with Gasteiger partial charge in [-0.25, -0.2) is 9.78 Å². The van der Waals surface area contributed by atoms with Crippen LogP contribution in [-0.2, 0) is 6.54 Å². The lowest BCUT2D eigenvalue weighted by molar-refractivity contribution is 0.0691. The van der Waals surface area contributed by atoms with Gasteiger partial charge in [0.25, 0.3) is 0 Å². The molecule has 0 radical (unpaired) electrons. The zero-order valence-corrected chi connectivity index (χ0v) is 13.9. The van der Waals surface area contributed by atoms with Crippen LogP contribution in [0, 0.1) is 0 Å². The molecular formula is C17H18N2O4S. The van der Waals surface area contributed by atoms with Gasteiger partial charge in [-0.2, -0.15) is 0 Å². The number of aromatic carboxylic acids is 1. The molecule has 2 aromatic rings. The van der Waals surface area contributed by atoms with Gasteiger partial charge in [-0.05, 0) is 25.5 Å². The van der Waals surface area contributed by atoms with Crippen molar-refractivity contribution < 1.29 is 19.4 Å². The van der Waals surface area contributed by atoms with E-state index in [0.717, 1.165) is 41.5 Å². The van der Waals surface area contributed by atoms with Gasteiger partial charge < -0.3 is 14.6 Å². The van der Waals surface area contributed by atoms with Crippen molar-refractivity contribution in [1.82, 2.24) is 9.88 Å². The average Bonchev–Trinajstić information content (AvgIpc) is 3.24.